The second-order valence-electron chi connectivity index (χ2n) is 12.1. The largest absolute Gasteiger partial charge is 0.385 e. The molecular weight excluding hydrogens is 412 g/mol. The van der Waals surface area contributed by atoms with Crippen molar-refractivity contribution in [2.24, 2.45) is 17.8 Å². The Balaban J connectivity index is 3.36. The Hall–Kier alpha value is -0.0400. The highest BCUT2D eigenvalue weighted by Gasteiger charge is 2.06. The molecule has 0 aromatic carbocycles. The summed E-state index contributed by atoms with van der Waals surface area (Å²) < 4.78 is 5.13. The van der Waals surface area contributed by atoms with Gasteiger partial charge in [-0.15, -0.1) is 0 Å². The van der Waals surface area contributed by atoms with E-state index in [4.69, 9.17) is 4.74 Å². The van der Waals surface area contributed by atoms with E-state index in [9.17, 15) is 0 Å². The molecule has 1 nitrogen and oxygen atoms in total. The zero-order valence-electron chi connectivity index (χ0n) is 24.8. The topological polar surface area (TPSA) is 9.23 Å². The minimum Gasteiger partial charge on any atom is -0.385 e. The van der Waals surface area contributed by atoms with Gasteiger partial charge in [0, 0.05) is 13.7 Å². The summed E-state index contributed by atoms with van der Waals surface area (Å²) in [6.45, 7) is 10.7. The number of hydrogen-bond acceptors (Lipinski definition) is 1. The molecule has 0 saturated heterocycles. The van der Waals surface area contributed by atoms with Gasteiger partial charge in [-0.3, -0.25) is 0 Å². The van der Waals surface area contributed by atoms with Crippen molar-refractivity contribution in [2.45, 2.75) is 182 Å². The molecule has 3 atom stereocenters. The molecule has 0 aliphatic rings. The van der Waals surface area contributed by atoms with E-state index in [0.29, 0.717) is 0 Å². The molecule has 0 rings (SSSR count). The van der Waals surface area contributed by atoms with Crippen molar-refractivity contribution in [3.8, 4) is 0 Å². The van der Waals surface area contributed by atoms with Crippen LogP contribution in [-0.4, -0.2) is 13.7 Å². The van der Waals surface area contributed by atoms with Crippen LogP contribution in [-0.2, 0) is 4.74 Å². The van der Waals surface area contributed by atoms with E-state index in [1.54, 1.807) is 0 Å². The van der Waals surface area contributed by atoms with Crippen molar-refractivity contribution in [3.63, 3.8) is 0 Å². The summed E-state index contributed by atoms with van der Waals surface area (Å²) in [4.78, 5) is 0. The van der Waals surface area contributed by atoms with Gasteiger partial charge < -0.3 is 4.74 Å². The van der Waals surface area contributed by atoms with E-state index in [0.717, 1.165) is 24.4 Å². The Morgan fingerprint density at radius 1 is 0.382 bits per heavy atom. The van der Waals surface area contributed by atoms with Gasteiger partial charge in [-0.1, -0.05) is 175 Å². The molecule has 0 aliphatic heterocycles. The first kappa shape index (κ1) is 34.0. The molecule has 0 heterocycles. The van der Waals surface area contributed by atoms with Crippen LogP contribution in [0.3, 0.4) is 0 Å². The standard InChI is InChI=1S/C33H68O/c1-6-7-8-9-10-12-17-24-31(2)26-19-15-21-28-33(4)29-22-16-20-27-32(3)25-18-13-11-14-23-30-34-5/h31-33H,6-30H2,1-5H3. The van der Waals surface area contributed by atoms with Gasteiger partial charge in [0.15, 0.2) is 0 Å². The Morgan fingerprint density at radius 2 is 0.647 bits per heavy atom. The third-order valence-electron chi connectivity index (χ3n) is 8.13. The summed E-state index contributed by atoms with van der Waals surface area (Å²) in [7, 11) is 1.81. The maximum absolute atomic E-state index is 5.13. The van der Waals surface area contributed by atoms with E-state index in [1.807, 2.05) is 7.11 Å². The third-order valence-corrected chi connectivity index (χ3v) is 8.13. The summed E-state index contributed by atoms with van der Waals surface area (Å²) in [5.41, 5.74) is 0. The van der Waals surface area contributed by atoms with Crippen LogP contribution in [0.2, 0.25) is 0 Å². The number of hydrogen-bond donors (Lipinski definition) is 0. The van der Waals surface area contributed by atoms with E-state index in [2.05, 4.69) is 27.7 Å². The summed E-state index contributed by atoms with van der Waals surface area (Å²) in [5.74, 6) is 2.83. The lowest BCUT2D eigenvalue weighted by molar-refractivity contribution is 0.192. The van der Waals surface area contributed by atoms with Crippen molar-refractivity contribution in [1.82, 2.24) is 0 Å². The predicted octanol–water partition coefficient (Wildman–Crippen LogP) is 11.9. The smallest absolute Gasteiger partial charge is 0.0462 e. The molecule has 0 radical (unpaired) electrons. The first-order valence-electron chi connectivity index (χ1n) is 16.1. The molecule has 206 valence electrons. The van der Waals surface area contributed by atoms with E-state index in [-0.39, 0.29) is 0 Å². The second-order valence-corrected chi connectivity index (χ2v) is 12.1. The van der Waals surface area contributed by atoms with E-state index in [1.165, 1.54) is 154 Å². The summed E-state index contributed by atoms with van der Waals surface area (Å²) in [6.07, 6.45) is 34.5. The van der Waals surface area contributed by atoms with Crippen molar-refractivity contribution in [1.29, 1.82) is 0 Å². The molecule has 3 unspecified atom stereocenters. The lowest BCUT2D eigenvalue weighted by Gasteiger charge is -2.14. The molecule has 0 N–H and O–H groups in total. The van der Waals surface area contributed by atoms with Gasteiger partial charge in [-0.05, 0) is 24.2 Å². The molecule has 0 aromatic heterocycles. The van der Waals surface area contributed by atoms with Gasteiger partial charge in [0.25, 0.3) is 0 Å². The summed E-state index contributed by atoms with van der Waals surface area (Å²) in [5, 5.41) is 0. The molecule has 1 heteroatoms. The van der Waals surface area contributed by atoms with Gasteiger partial charge in [0.2, 0.25) is 0 Å². The normalized spacial score (nSPS) is 14.4. The Kier molecular flexibility index (Phi) is 27.5. The lowest BCUT2D eigenvalue weighted by Crippen LogP contribution is -1.98. The van der Waals surface area contributed by atoms with E-state index < -0.39 is 0 Å². The molecule has 0 amide bonds. The number of unbranched alkanes of at least 4 members (excludes halogenated alkanes) is 14. The van der Waals surface area contributed by atoms with Crippen molar-refractivity contribution >= 4 is 0 Å². The van der Waals surface area contributed by atoms with Crippen molar-refractivity contribution < 1.29 is 4.74 Å². The first-order chi connectivity index (χ1) is 16.6. The molecular formula is C33H68O. The maximum Gasteiger partial charge on any atom is 0.0462 e. The molecule has 0 aromatic rings. The average molecular weight is 481 g/mol. The van der Waals surface area contributed by atoms with E-state index >= 15 is 0 Å². The minimum atomic E-state index is 0.935. The zero-order valence-corrected chi connectivity index (χ0v) is 24.8. The van der Waals surface area contributed by atoms with Gasteiger partial charge in [-0.25, -0.2) is 0 Å². The zero-order chi connectivity index (χ0) is 25.1. The lowest BCUT2D eigenvalue weighted by atomic mass is 9.92. The molecule has 0 aliphatic carbocycles. The quantitative estimate of drug-likeness (QED) is 0.101. The molecule has 0 spiro atoms. The number of ether oxygens (including phenoxy) is 1. The van der Waals surface area contributed by atoms with Crippen molar-refractivity contribution in [2.75, 3.05) is 13.7 Å². The third kappa shape index (κ3) is 26.6. The van der Waals surface area contributed by atoms with Crippen LogP contribution in [0.1, 0.15) is 182 Å². The number of methoxy groups -OCH3 is 1. The molecule has 0 fully saturated rings. The van der Waals surface area contributed by atoms with Crippen LogP contribution < -0.4 is 0 Å². The average Bonchev–Trinajstić information content (AvgIpc) is 2.82. The monoisotopic (exact) mass is 481 g/mol. The van der Waals surface area contributed by atoms with Gasteiger partial charge >= 0.3 is 0 Å². The fraction of sp³-hybridized carbons (Fsp3) is 1.00. The molecule has 0 saturated carbocycles. The molecule has 34 heavy (non-hydrogen) atoms. The van der Waals surface area contributed by atoms with Gasteiger partial charge in [-0.2, -0.15) is 0 Å². The number of rotatable bonds is 28. The fourth-order valence-electron chi connectivity index (χ4n) is 5.48. The highest BCUT2D eigenvalue weighted by atomic mass is 16.5. The van der Waals surface area contributed by atoms with Crippen LogP contribution in [0.5, 0.6) is 0 Å². The van der Waals surface area contributed by atoms with Crippen LogP contribution in [0.25, 0.3) is 0 Å². The van der Waals surface area contributed by atoms with Gasteiger partial charge in [0.1, 0.15) is 0 Å². The first-order valence-corrected chi connectivity index (χ1v) is 16.1. The highest BCUT2D eigenvalue weighted by molar-refractivity contribution is 4.60. The van der Waals surface area contributed by atoms with Crippen LogP contribution in [0, 0.1) is 17.8 Å². The highest BCUT2D eigenvalue weighted by Crippen LogP contribution is 2.22. The summed E-state index contributed by atoms with van der Waals surface area (Å²) in [6, 6.07) is 0. The Bertz CT molecular complexity index is 332. The minimum absolute atomic E-state index is 0.935. The SMILES string of the molecule is CCCCCCCCCC(C)CCCCCC(C)CCCCCC(C)CCCCCCCOC. The fourth-order valence-corrected chi connectivity index (χ4v) is 5.48. The van der Waals surface area contributed by atoms with Crippen LogP contribution in [0.4, 0.5) is 0 Å². The Morgan fingerprint density at radius 3 is 0.971 bits per heavy atom. The van der Waals surface area contributed by atoms with Gasteiger partial charge in [0.05, 0.1) is 0 Å². The predicted molar refractivity (Wildman–Crippen MR) is 156 cm³/mol. The van der Waals surface area contributed by atoms with Crippen molar-refractivity contribution in [3.05, 3.63) is 0 Å². The van der Waals surface area contributed by atoms with Crippen LogP contribution in [0.15, 0.2) is 0 Å². The molecule has 0 bridgehead atoms. The second kappa shape index (κ2) is 27.5. The Labute approximate surface area is 218 Å². The maximum atomic E-state index is 5.13. The van der Waals surface area contributed by atoms with Crippen LogP contribution >= 0.6 is 0 Å². The summed E-state index contributed by atoms with van der Waals surface area (Å²) >= 11 is 0.